The summed E-state index contributed by atoms with van der Waals surface area (Å²) in [6.45, 7) is 6.18. The number of hydrogen-bond donors (Lipinski definition) is 0. The third-order valence-electron chi connectivity index (χ3n) is 3.26. The molecule has 1 aromatic rings. The topological polar surface area (TPSA) is 39.5 Å². The molecule has 5 heteroatoms. The van der Waals surface area contributed by atoms with Gasteiger partial charge in [-0.1, -0.05) is 0 Å². The van der Waals surface area contributed by atoms with E-state index < -0.39 is 0 Å². The molecule has 1 fully saturated rings. The molecular weight excluding hydrogens is 262 g/mol. The second kappa shape index (κ2) is 8.00. The van der Waals surface area contributed by atoms with E-state index in [1.807, 2.05) is 12.1 Å². The van der Waals surface area contributed by atoms with Crippen LogP contribution in [0, 0.1) is 11.3 Å². The minimum absolute atomic E-state index is 0. The van der Waals surface area contributed by atoms with Gasteiger partial charge in [0.25, 0.3) is 0 Å². The zero-order valence-corrected chi connectivity index (χ0v) is 12.0. The first-order valence-electron chi connectivity index (χ1n) is 6.32. The normalized spacial score (nSPS) is 16.4. The maximum atomic E-state index is 8.69. The number of halogens is 1. The molecule has 0 amide bonds. The first kappa shape index (κ1) is 15.8. The van der Waals surface area contributed by atoms with Crippen molar-refractivity contribution in [1.82, 2.24) is 9.80 Å². The highest BCUT2D eigenvalue weighted by molar-refractivity contribution is 5.85. The number of piperazine rings is 1. The molecule has 0 aliphatic carbocycles. The Hall–Kier alpha value is -1.28. The summed E-state index contributed by atoms with van der Waals surface area (Å²) in [5.41, 5.74) is 0.668. The van der Waals surface area contributed by atoms with E-state index in [4.69, 9.17) is 10.00 Å². The Balaban J connectivity index is 0.00000180. The van der Waals surface area contributed by atoms with Crippen molar-refractivity contribution in [2.24, 2.45) is 0 Å². The fourth-order valence-electron chi connectivity index (χ4n) is 1.99. The minimum atomic E-state index is 0. The van der Waals surface area contributed by atoms with Gasteiger partial charge in [-0.05, 0) is 31.3 Å². The monoisotopic (exact) mass is 281 g/mol. The highest BCUT2D eigenvalue weighted by atomic mass is 35.5. The molecule has 1 saturated heterocycles. The van der Waals surface area contributed by atoms with Crippen LogP contribution in [-0.2, 0) is 0 Å². The maximum Gasteiger partial charge on any atom is 0.119 e. The molecule has 0 atom stereocenters. The molecule has 104 valence electrons. The lowest BCUT2D eigenvalue weighted by molar-refractivity contribution is 0.134. The van der Waals surface area contributed by atoms with Crippen molar-refractivity contribution in [2.45, 2.75) is 0 Å². The molecule has 1 aromatic carbocycles. The number of hydrogen-bond acceptors (Lipinski definition) is 4. The maximum absolute atomic E-state index is 8.69. The van der Waals surface area contributed by atoms with E-state index >= 15 is 0 Å². The van der Waals surface area contributed by atoms with Gasteiger partial charge in [0.2, 0.25) is 0 Å². The van der Waals surface area contributed by atoms with Gasteiger partial charge in [-0.15, -0.1) is 12.4 Å². The summed E-state index contributed by atoms with van der Waals surface area (Å²) >= 11 is 0. The SMILES string of the molecule is CN1CCN(CCOc2ccc(C#N)cc2)CC1.Cl. The summed E-state index contributed by atoms with van der Waals surface area (Å²) in [6.07, 6.45) is 0. The lowest BCUT2D eigenvalue weighted by Gasteiger charge is -2.32. The number of nitrogens with zero attached hydrogens (tertiary/aromatic N) is 3. The number of nitriles is 1. The molecule has 0 radical (unpaired) electrons. The number of benzene rings is 1. The molecule has 2 rings (SSSR count). The fourth-order valence-corrected chi connectivity index (χ4v) is 1.99. The van der Waals surface area contributed by atoms with Gasteiger partial charge in [0.1, 0.15) is 12.4 Å². The van der Waals surface area contributed by atoms with Crippen LogP contribution in [0.25, 0.3) is 0 Å². The van der Waals surface area contributed by atoms with Crippen molar-refractivity contribution in [3.8, 4) is 11.8 Å². The second-order valence-electron chi connectivity index (χ2n) is 4.63. The molecule has 0 saturated carbocycles. The quantitative estimate of drug-likeness (QED) is 0.841. The molecular formula is C14H20ClN3O. The highest BCUT2D eigenvalue weighted by Gasteiger charge is 2.12. The van der Waals surface area contributed by atoms with E-state index in [0.29, 0.717) is 12.2 Å². The van der Waals surface area contributed by atoms with E-state index in [0.717, 1.165) is 38.5 Å². The third-order valence-corrected chi connectivity index (χ3v) is 3.26. The van der Waals surface area contributed by atoms with Crippen molar-refractivity contribution >= 4 is 12.4 Å². The van der Waals surface area contributed by atoms with Crippen LogP contribution in [0.15, 0.2) is 24.3 Å². The molecule has 0 aromatic heterocycles. The van der Waals surface area contributed by atoms with Crippen LogP contribution < -0.4 is 4.74 Å². The Labute approximate surface area is 121 Å². The van der Waals surface area contributed by atoms with Gasteiger partial charge in [-0.3, -0.25) is 4.90 Å². The molecule has 1 aliphatic heterocycles. The number of rotatable bonds is 4. The van der Waals surface area contributed by atoms with Crippen molar-refractivity contribution in [2.75, 3.05) is 46.4 Å². The predicted molar refractivity (Wildman–Crippen MR) is 77.8 cm³/mol. The minimum Gasteiger partial charge on any atom is -0.492 e. The lowest BCUT2D eigenvalue weighted by atomic mass is 10.2. The van der Waals surface area contributed by atoms with Crippen molar-refractivity contribution < 1.29 is 4.74 Å². The average Bonchev–Trinajstić information content (AvgIpc) is 2.42. The molecule has 1 heterocycles. The first-order valence-corrected chi connectivity index (χ1v) is 6.32. The van der Waals surface area contributed by atoms with E-state index in [1.165, 1.54) is 0 Å². The molecule has 0 spiro atoms. The van der Waals surface area contributed by atoms with Crippen LogP contribution in [0.1, 0.15) is 5.56 Å². The fraction of sp³-hybridized carbons (Fsp3) is 0.500. The zero-order chi connectivity index (χ0) is 12.8. The molecule has 0 bridgehead atoms. The molecule has 1 aliphatic rings. The summed E-state index contributed by atoms with van der Waals surface area (Å²) < 4.78 is 5.67. The largest absolute Gasteiger partial charge is 0.492 e. The smallest absolute Gasteiger partial charge is 0.119 e. The molecule has 0 unspecified atom stereocenters. The van der Waals surface area contributed by atoms with Gasteiger partial charge >= 0.3 is 0 Å². The van der Waals surface area contributed by atoms with Crippen LogP contribution in [0.2, 0.25) is 0 Å². The van der Waals surface area contributed by atoms with Crippen molar-refractivity contribution in [1.29, 1.82) is 5.26 Å². The van der Waals surface area contributed by atoms with Gasteiger partial charge in [0.05, 0.1) is 11.6 Å². The van der Waals surface area contributed by atoms with Crippen LogP contribution in [-0.4, -0.2) is 56.2 Å². The third kappa shape index (κ3) is 5.07. The summed E-state index contributed by atoms with van der Waals surface area (Å²) in [5, 5.41) is 8.69. The van der Waals surface area contributed by atoms with Gasteiger partial charge in [0.15, 0.2) is 0 Å². The molecule has 19 heavy (non-hydrogen) atoms. The Bertz CT molecular complexity index is 408. The molecule has 4 nitrogen and oxygen atoms in total. The average molecular weight is 282 g/mol. The summed E-state index contributed by atoms with van der Waals surface area (Å²) in [5.74, 6) is 0.836. The zero-order valence-electron chi connectivity index (χ0n) is 11.2. The Morgan fingerprint density at radius 2 is 1.79 bits per heavy atom. The van der Waals surface area contributed by atoms with Gasteiger partial charge < -0.3 is 9.64 Å². The summed E-state index contributed by atoms with van der Waals surface area (Å²) in [6, 6.07) is 9.36. The number of ether oxygens (including phenoxy) is 1. The summed E-state index contributed by atoms with van der Waals surface area (Å²) in [7, 11) is 2.16. The van der Waals surface area contributed by atoms with Crippen LogP contribution >= 0.6 is 12.4 Å². The van der Waals surface area contributed by atoms with E-state index in [2.05, 4.69) is 22.9 Å². The Morgan fingerprint density at radius 3 is 2.37 bits per heavy atom. The van der Waals surface area contributed by atoms with Crippen LogP contribution in [0.5, 0.6) is 5.75 Å². The summed E-state index contributed by atoms with van der Waals surface area (Å²) in [4.78, 5) is 4.77. The Morgan fingerprint density at radius 1 is 1.16 bits per heavy atom. The second-order valence-corrected chi connectivity index (χ2v) is 4.63. The first-order chi connectivity index (χ1) is 8.78. The van der Waals surface area contributed by atoms with Crippen LogP contribution in [0.4, 0.5) is 0 Å². The van der Waals surface area contributed by atoms with Gasteiger partial charge in [0, 0.05) is 32.7 Å². The van der Waals surface area contributed by atoms with Gasteiger partial charge in [-0.25, -0.2) is 0 Å². The lowest BCUT2D eigenvalue weighted by Crippen LogP contribution is -2.45. The van der Waals surface area contributed by atoms with E-state index in [-0.39, 0.29) is 12.4 Å². The van der Waals surface area contributed by atoms with Crippen molar-refractivity contribution in [3.63, 3.8) is 0 Å². The highest BCUT2D eigenvalue weighted by Crippen LogP contribution is 2.11. The van der Waals surface area contributed by atoms with Crippen molar-refractivity contribution in [3.05, 3.63) is 29.8 Å². The van der Waals surface area contributed by atoms with Crippen LogP contribution in [0.3, 0.4) is 0 Å². The van der Waals surface area contributed by atoms with E-state index in [1.54, 1.807) is 12.1 Å². The standard InChI is InChI=1S/C14H19N3O.ClH/c1-16-6-8-17(9-7-16)10-11-18-14-4-2-13(12-15)3-5-14;/h2-5H,6-11H2,1H3;1H. The Kier molecular flexibility index (Phi) is 6.65. The van der Waals surface area contributed by atoms with E-state index in [9.17, 15) is 0 Å². The van der Waals surface area contributed by atoms with Gasteiger partial charge in [-0.2, -0.15) is 5.26 Å². The number of likely N-dealkylation sites (N-methyl/N-ethyl adjacent to an activating group) is 1. The predicted octanol–water partition coefficient (Wildman–Crippen LogP) is 1.61. The molecule has 0 N–H and O–H groups in total.